The Kier molecular flexibility index (Phi) is 4.02. The van der Waals surface area contributed by atoms with Gasteiger partial charge >= 0.3 is 0 Å². The van der Waals surface area contributed by atoms with Crippen LogP contribution in [0, 0.1) is 0 Å². The van der Waals surface area contributed by atoms with Gasteiger partial charge in [-0.05, 0) is 49.7 Å². The van der Waals surface area contributed by atoms with Gasteiger partial charge < -0.3 is 4.90 Å². The van der Waals surface area contributed by atoms with Crippen LogP contribution in [0.4, 0.5) is 0 Å². The molecule has 19 heavy (non-hydrogen) atoms. The van der Waals surface area contributed by atoms with Gasteiger partial charge in [0.15, 0.2) is 0 Å². The summed E-state index contributed by atoms with van der Waals surface area (Å²) < 4.78 is 0. The molecule has 1 nitrogen and oxygen atoms in total. The molecule has 0 spiro atoms. The quantitative estimate of drug-likeness (QED) is 0.699. The largest absolute Gasteiger partial charge is 0.371 e. The molecule has 1 heterocycles. The molecule has 0 saturated heterocycles. The highest BCUT2D eigenvalue weighted by atomic mass is 15.1. The highest BCUT2D eigenvalue weighted by Crippen LogP contribution is 2.27. The van der Waals surface area contributed by atoms with Crippen molar-refractivity contribution in [1.82, 2.24) is 4.90 Å². The molecule has 0 amide bonds. The predicted octanol–water partition coefficient (Wildman–Crippen LogP) is 4.52. The normalized spacial score (nSPS) is 23.6. The molecule has 1 heteroatoms. The van der Waals surface area contributed by atoms with Crippen molar-refractivity contribution < 1.29 is 0 Å². The second-order valence-corrected chi connectivity index (χ2v) is 5.55. The molecule has 0 saturated carbocycles. The van der Waals surface area contributed by atoms with Gasteiger partial charge in [0.05, 0.1) is 0 Å². The average Bonchev–Trinajstić information content (AvgIpc) is 2.77. The van der Waals surface area contributed by atoms with Gasteiger partial charge in [0.25, 0.3) is 0 Å². The lowest BCUT2D eigenvalue weighted by Gasteiger charge is -2.32. The van der Waals surface area contributed by atoms with Gasteiger partial charge in [-0.3, -0.25) is 0 Å². The Morgan fingerprint density at radius 3 is 2.74 bits per heavy atom. The second kappa shape index (κ2) is 6.10. The first-order chi connectivity index (χ1) is 9.43. The van der Waals surface area contributed by atoms with Crippen molar-refractivity contribution in [1.29, 1.82) is 0 Å². The highest BCUT2D eigenvalue weighted by Gasteiger charge is 2.16. The molecule has 0 radical (unpaired) electrons. The van der Waals surface area contributed by atoms with Crippen LogP contribution < -0.4 is 0 Å². The first kappa shape index (κ1) is 12.5. The van der Waals surface area contributed by atoms with E-state index in [2.05, 4.69) is 47.4 Å². The summed E-state index contributed by atoms with van der Waals surface area (Å²) in [7, 11) is 0. The molecule has 3 aliphatic rings. The summed E-state index contributed by atoms with van der Waals surface area (Å²) in [5.41, 5.74) is 4.56. The van der Waals surface area contributed by atoms with Gasteiger partial charge in [-0.1, -0.05) is 42.5 Å². The van der Waals surface area contributed by atoms with Gasteiger partial charge in [-0.25, -0.2) is 0 Å². The zero-order valence-electron chi connectivity index (χ0n) is 11.6. The first-order valence-corrected chi connectivity index (χ1v) is 7.60. The Balaban J connectivity index is 1.67. The molecule has 0 aromatic rings. The fourth-order valence-electron chi connectivity index (χ4n) is 3.12. The summed E-state index contributed by atoms with van der Waals surface area (Å²) in [6, 6.07) is 0. The van der Waals surface area contributed by atoms with Crippen molar-refractivity contribution in [2.75, 3.05) is 13.1 Å². The van der Waals surface area contributed by atoms with E-state index in [9.17, 15) is 0 Å². The van der Waals surface area contributed by atoms with E-state index in [0.717, 1.165) is 13.0 Å². The van der Waals surface area contributed by atoms with Gasteiger partial charge in [0.2, 0.25) is 0 Å². The monoisotopic (exact) mass is 253 g/mol. The molecular weight excluding hydrogens is 230 g/mol. The molecule has 0 N–H and O–H groups in total. The fraction of sp³-hybridized carbons (Fsp3) is 0.444. The molecule has 0 unspecified atom stereocenters. The van der Waals surface area contributed by atoms with E-state index in [-0.39, 0.29) is 0 Å². The van der Waals surface area contributed by atoms with Gasteiger partial charge in [0, 0.05) is 18.8 Å². The maximum Gasteiger partial charge on any atom is 0.0362 e. The third-order valence-corrected chi connectivity index (χ3v) is 4.25. The Labute approximate surface area is 116 Å². The lowest BCUT2D eigenvalue weighted by molar-refractivity contribution is 0.345. The minimum absolute atomic E-state index is 1.06. The third kappa shape index (κ3) is 3.09. The molecule has 0 atom stereocenters. The van der Waals surface area contributed by atoms with Crippen molar-refractivity contribution in [3.8, 4) is 0 Å². The molecule has 0 aromatic heterocycles. The van der Waals surface area contributed by atoms with Crippen molar-refractivity contribution in [2.45, 2.75) is 38.5 Å². The SMILES string of the molecule is C1=CCC=C(C2=CCN(C3=CCCCC3)CC2)C=C1. The van der Waals surface area contributed by atoms with E-state index in [4.69, 9.17) is 0 Å². The zero-order chi connectivity index (χ0) is 12.9. The van der Waals surface area contributed by atoms with Crippen LogP contribution >= 0.6 is 0 Å². The lowest BCUT2D eigenvalue weighted by Crippen LogP contribution is -2.29. The van der Waals surface area contributed by atoms with Crippen LogP contribution in [0.15, 0.2) is 59.4 Å². The molecule has 3 rings (SSSR count). The van der Waals surface area contributed by atoms with Crippen molar-refractivity contribution in [3.63, 3.8) is 0 Å². The molecular formula is C18H23N. The Morgan fingerprint density at radius 1 is 0.947 bits per heavy atom. The Morgan fingerprint density at radius 2 is 1.95 bits per heavy atom. The van der Waals surface area contributed by atoms with E-state index < -0.39 is 0 Å². The van der Waals surface area contributed by atoms with Gasteiger partial charge in [-0.2, -0.15) is 0 Å². The number of hydrogen-bond donors (Lipinski definition) is 0. The lowest BCUT2D eigenvalue weighted by atomic mass is 9.96. The Hall–Kier alpha value is -1.50. The first-order valence-electron chi connectivity index (χ1n) is 7.60. The third-order valence-electron chi connectivity index (χ3n) is 4.25. The number of rotatable bonds is 2. The van der Waals surface area contributed by atoms with Crippen LogP contribution in [0.25, 0.3) is 0 Å². The molecule has 0 bridgehead atoms. The minimum Gasteiger partial charge on any atom is -0.371 e. The Bertz CT molecular complexity index is 474. The smallest absolute Gasteiger partial charge is 0.0362 e. The average molecular weight is 253 g/mol. The summed E-state index contributed by atoms with van der Waals surface area (Å²) in [5, 5.41) is 0. The number of allylic oxidation sites excluding steroid dienone is 8. The fourth-order valence-corrected chi connectivity index (χ4v) is 3.12. The van der Waals surface area contributed by atoms with Crippen LogP contribution in [0.1, 0.15) is 38.5 Å². The van der Waals surface area contributed by atoms with Crippen LogP contribution in [-0.4, -0.2) is 18.0 Å². The molecule has 0 aromatic carbocycles. The molecule has 2 aliphatic carbocycles. The molecule has 100 valence electrons. The van der Waals surface area contributed by atoms with E-state index in [1.54, 1.807) is 5.70 Å². The number of nitrogens with zero attached hydrogens (tertiary/aromatic N) is 1. The number of hydrogen-bond acceptors (Lipinski definition) is 1. The predicted molar refractivity (Wildman–Crippen MR) is 81.8 cm³/mol. The van der Waals surface area contributed by atoms with Crippen LogP contribution in [0.2, 0.25) is 0 Å². The maximum absolute atomic E-state index is 2.57. The van der Waals surface area contributed by atoms with E-state index >= 15 is 0 Å². The topological polar surface area (TPSA) is 3.24 Å². The molecule has 1 aliphatic heterocycles. The van der Waals surface area contributed by atoms with Crippen LogP contribution in [0.5, 0.6) is 0 Å². The summed E-state index contributed by atoms with van der Waals surface area (Å²) >= 11 is 0. The van der Waals surface area contributed by atoms with E-state index in [1.165, 1.54) is 49.8 Å². The summed E-state index contributed by atoms with van der Waals surface area (Å²) in [4.78, 5) is 2.57. The van der Waals surface area contributed by atoms with Gasteiger partial charge in [0.1, 0.15) is 0 Å². The van der Waals surface area contributed by atoms with E-state index in [1.807, 2.05) is 0 Å². The summed E-state index contributed by atoms with van der Waals surface area (Å²) in [5.74, 6) is 0. The van der Waals surface area contributed by atoms with Crippen molar-refractivity contribution in [2.24, 2.45) is 0 Å². The second-order valence-electron chi connectivity index (χ2n) is 5.55. The minimum atomic E-state index is 1.06. The molecule has 0 fully saturated rings. The van der Waals surface area contributed by atoms with Gasteiger partial charge in [-0.15, -0.1) is 0 Å². The summed E-state index contributed by atoms with van der Waals surface area (Å²) in [6.07, 6.45) is 23.6. The highest BCUT2D eigenvalue weighted by molar-refractivity contribution is 5.43. The standard InChI is InChI=1S/C18H23N/c1-2-5-9-16(8-4-1)17-12-14-19(15-13-17)18-10-6-3-7-11-18/h1-2,4,8-10,12H,3,5-7,11,13-15H2. The maximum atomic E-state index is 2.57. The van der Waals surface area contributed by atoms with Crippen molar-refractivity contribution in [3.05, 3.63) is 59.4 Å². The van der Waals surface area contributed by atoms with Crippen molar-refractivity contribution >= 4 is 0 Å². The van der Waals surface area contributed by atoms with Crippen LogP contribution in [-0.2, 0) is 0 Å². The summed E-state index contributed by atoms with van der Waals surface area (Å²) in [6.45, 7) is 2.29. The zero-order valence-corrected chi connectivity index (χ0v) is 11.6. The van der Waals surface area contributed by atoms with E-state index in [0.29, 0.717) is 0 Å². The van der Waals surface area contributed by atoms with Crippen LogP contribution in [0.3, 0.4) is 0 Å².